The summed E-state index contributed by atoms with van der Waals surface area (Å²) in [4.78, 5) is 11.3. The van der Waals surface area contributed by atoms with Crippen LogP contribution in [0.4, 0.5) is 0 Å². The molecule has 0 aromatic carbocycles. The number of carbonyl (C=O) groups is 1. The van der Waals surface area contributed by atoms with Crippen LogP contribution >= 0.6 is 0 Å². The second-order valence-electron chi connectivity index (χ2n) is 3.13. The van der Waals surface area contributed by atoms with Gasteiger partial charge in [0.05, 0.1) is 6.61 Å². The van der Waals surface area contributed by atoms with Crippen molar-refractivity contribution >= 4 is 5.97 Å². The number of hydrogen-bond donors (Lipinski definition) is 0. The molecule has 1 saturated heterocycles. The Balaban J connectivity index is 2.40. The van der Waals surface area contributed by atoms with Gasteiger partial charge in [0.2, 0.25) is 0 Å². The first-order valence-corrected chi connectivity index (χ1v) is 4.69. The molecule has 0 aromatic heterocycles. The van der Waals surface area contributed by atoms with Crippen LogP contribution in [0.3, 0.4) is 0 Å². The second kappa shape index (κ2) is 5.02. The van der Waals surface area contributed by atoms with Crippen molar-refractivity contribution in [3.8, 4) is 0 Å². The summed E-state index contributed by atoms with van der Waals surface area (Å²) in [6, 6.07) is 0. The zero-order chi connectivity index (χ0) is 9.68. The minimum Gasteiger partial charge on any atom is -0.463 e. The first-order chi connectivity index (χ1) is 6.25. The van der Waals surface area contributed by atoms with Crippen LogP contribution < -0.4 is 0 Å². The maximum absolute atomic E-state index is 11.3. The van der Waals surface area contributed by atoms with Crippen molar-refractivity contribution in [1.82, 2.24) is 0 Å². The number of carbonyl (C=O) groups excluding carboxylic acids is 1. The average Bonchev–Trinajstić information content (AvgIpc) is 2.18. The molecule has 0 saturated carbocycles. The van der Waals surface area contributed by atoms with Gasteiger partial charge in [-0.2, -0.15) is 0 Å². The van der Waals surface area contributed by atoms with E-state index in [2.05, 4.69) is 6.58 Å². The van der Waals surface area contributed by atoms with Crippen LogP contribution in [0.2, 0.25) is 0 Å². The van der Waals surface area contributed by atoms with E-state index >= 15 is 0 Å². The van der Waals surface area contributed by atoms with E-state index < -0.39 is 0 Å². The minimum absolute atomic E-state index is 0.255. The Hall–Kier alpha value is -0.830. The zero-order valence-corrected chi connectivity index (χ0v) is 8.04. The number of esters is 1. The Morgan fingerprint density at radius 3 is 2.69 bits per heavy atom. The van der Waals surface area contributed by atoms with Crippen LogP contribution in [0.1, 0.15) is 19.8 Å². The molecule has 0 aromatic rings. The first kappa shape index (κ1) is 10.3. The topological polar surface area (TPSA) is 35.5 Å². The smallest absolute Gasteiger partial charge is 0.333 e. The first-order valence-electron chi connectivity index (χ1n) is 4.69. The highest BCUT2D eigenvalue weighted by Crippen LogP contribution is 2.22. The monoisotopic (exact) mass is 184 g/mol. The molecule has 3 nitrogen and oxygen atoms in total. The minimum atomic E-state index is -0.255. The van der Waals surface area contributed by atoms with E-state index in [1.807, 2.05) is 0 Å². The Morgan fingerprint density at radius 2 is 2.15 bits per heavy atom. The molecule has 1 fully saturated rings. The molecule has 0 unspecified atom stereocenters. The highest BCUT2D eigenvalue weighted by atomic mass is 16.5. The standard InChI is InChI=1S/C10H16O3/c1-3-13-10(11)8(2)9-4-6-12-7-5-9/h9H,2-7H2,1H3. The predicted molar refractivity (Wildman–Crippen MR) is 49.3 cm³/mol. The van der Waals surface area contributed by atoms with Gasteiger partial charge in [-0.15, -0.1) is 0 Å². The Labute approximate surface area is 78.7 Å². The molecular formula is C10H16O3. The molecule has 1 aliphatic heterocycles. The fraction of sp³-hybridized carbons (Fsp3) is 0.700. The number of rotatable bonds is 3. The third kappa shape index (κ3) is 2.84. The van der Waals surface area contributed by atoms with Gasteiger partial charge >= 0.3 is 5.97 Å². The van der Waals surface area contributed by atoms with E-state index in [-0.39, 0.29) is 11.9 Å². The highest BCUT2D eigenvalue weighted by molar-refractivity contribution is 5.88. The van der Waals surface area contributed by atoms with Gasteiger partial charge in [-0.1, -0.05) is 6.58 Å². The summed E-state index contributed by atoms with van der Waals surface area (Å²) in [5.41, 5.74) is 0.602. The van der Waals surface area contributed by atoms with Crippen molar-refractivity contribution < 1.29 is 14.3 Å². The average molecular weight is 184 g/mol. The lowest BCUT2D eigenvalue weighted by Crippen LogP contribution is -2.22. The van der Waals surface area contributed by atoms with Crippen molar-refractivity contribution in [1.29, 1.82) is 0 Å². The van der Waals surface area contributed by atoms with Gasteiger partial charge in [-0.25, -0.2) is 4.79 Å². The third-order valence-corrected chi connectivity index (χ3v) is 2.25. The summed E-state index contributed by atoms with van der Waals surface area (Å²) >= 11 is 0. The molecule has 0 aliphatic carbocycles. The van der Waals surface area contributed by atoms with Crippen molar-refractivity contribution in [3.05, 3.63) is 12.2 Å². The molecule has 1 rings (SSSR count). The lowest BCUT2D eigenvalue weighted by Gasteiger charge is -2.22. The normalized spacial score (nSPS) is 18.2. The van der Waals surface area contributed by atoms with Crippen molar-refractivity contribution in [2.45, 2.75) is 19.8 Å². The molecule has 3 heteroatoms. The molecular weight excluding hydrogens is 168 g/mol. The Bertz CT molecular complexity index is 192. The fourth-order valence-electron chi connectivity index (χ4n) is 1.44. The van der Waals surface area contributed by atoms with E-state index in [1.54, 1.807) is 6.92 Å². The van der Waals surface area contributed by atoms with Crippen molar-refractivity contribution in [3.63, 3.8) is 0 Å². The van der Waals surface area contributed by atoms with Crippen molar-refractivity contribution in [2.24, 2.45) is 5.92 Å². The molecule has 0 bridgehead atoms. The molecule has 13 heavy (non-hydrogen) atoms. The lowest BCUT2D eigenvalue weighted by molar-refractivity contribution is -0.139. The molecule has 1 aliphatic rings. The summed E-state index contributed by atoms with van der Waals surface area (Å²) < 4.78 is 10.1. The van der Waals surface area contributed by atoms with Gasteiger partial charge in [-0.3, -0.25) is 0 Å². The summed E-state index contributed by atoms with van der Waals surface area (Å²) in [6.45, 7) is 7.44. The van der Waals surface area contributed by atoms with E-state index in [4.69, 9.17) is 9.47 Å². The SMILES string of the molecule is C=C(C(=O)OCC)C1CCOCC1. The van der Waals surface area contributed by atoms with Crippen LogP contribution in [-0.2, 0) is 14.3 Å². The van der Waals surface area contributed by atoms with E-state index in [0.29, 0.717) is 12.2 Å². The van der Waals surface area contributed by atoms with Gasteiger partial charge in [0.25, 0.3) is 0 Å². The highest BCUT2D eigenvalue weighted by Gasteiger charge is 2.22. The van der Waals surface area contributed by atoms with E-state index in [0.717, 1.165) is 26.1 Å². The van der Waals surface area contributed by atoms with Crippen LogP contribution in [0.5, 0.6) is 0 Å². The lowest BCUT2D eigenvalue weighted by atomic mass is 9.92. The summed E-state index contributed by atoms with van der Waals surface area (Å²) in [7, 11) is 0. The van der Waals surface area contributed by atoms with Crippen LogP contribution in [0, 0.1) is 5.92 Å². The predicted octanol–water partition coefficient (Wildman–Crippen LogP) is 1.53. The molecule has 0 radical (unpaired) electrons. The molecule has 0 amide bonds. The van der Waals surface area contributed by atoms with Gasteiger partial charge < -0.3 is 9.47 Å². The quantitative estimate of drug-likeness (QED) is 0.493. The Kier molecular flexibility index (Phi) is 3.96. The second-order valence-corrected chi connectivity index (χ2v) is 3.13. The maximum atomic E-state index is 11.3. The van der Waals surface area contributed by atoms with E-state index in [9.17, 15) is 4.79 Å². The molecule has 0 N–H and O–H groups in total. The van der Waals surface area contributed by atoms with Crippen LogP contribution in [0.25, 0.3) is 0 Å². The van der Waals surface area contributed by atoms with Gasteiger partial charge in [0.1, 0.15) is 0 Å². The number of hydrogen-bond acceptors (Lipinski definition) is 3. The summed E-state index contributed by atoms with van der Waals surface area (Å²) in [5, 5.41) is 0. The third-order valence-electron chi connectivity index (χ3n) is 2.25. The van der Waals surface area contributed by atoms with E-state index in [1.165, 1.54) is 0 Å². The van der Waals surface area contributed by atoms with Gasteiger partial charge in [0, 0.05) is 18.8 Å². The maximum Gasteiger partial charge on any atom is 0.333 e. The summed E-state index contributed by atoms with van der Waals surface area (Å²) in [6.07, 6.45) is 1.77. The largest absolute Gasteiger partial charge is 0.463 e. The Morgan fingerprint density at radius 1 is 1.54 bits per heavy atom. The summed E-state index contributed by atoms with van der Waals surface area (Å²) in [5.74, 6) is 0.00204. The van der Waals surface area contributed by atoms with Crippen molar-refractivity contribution in [2.75, 3.05) is 19.8 Å². The zero-order valence-electron chi connectivity index (χ0n) is 8.04. The van der Waals surface area contributed by atoms with Gasteiger partial charge in [-0.05, 0) is 25.7 Å². The van der Waals surface area contributed by atoms with Gasteiger partial charge in [0.15, 0.2) is 0 Å². The fourth-order valence-corrected chi connectivity index (χ4v) is 1.44. The molecule has 0 spiro atoms. The van der Waals surface area contributed by atoms with Crippen LogP contribution in [0.15, 0.2) is 12.2 Å². The number of ether oxygens (including phenoxy) is 2. The molecule has 74 valence electrons. The van der Waals surface area contributed by atoms with Crippen LogP contribution in [-0.4, -0.2) is 25.8 Å². The molecule has 0 atom stereocenters. The molecule has 1 heterocycles.